The Morgan fingerprint density at radius 2 is 1.94 bits per heavy atom. The third-order valence-corrected chi connectivity index (χ3v) is 3.08. The molecule has 1 amide bonds. The molecule has 0 radical (unpaired) electrons. The van der Waals surface area contributed by atoms with Crippen LogP contribution in [0.3, 0.4) is 0 Å². The van der Waals surface area contributed by atoms with Gasteiger partial charge in [0.25, 0.3) is 5.91 Å². The average Bonchev–Trinajstić information content (AvgIpc) is 2.35. The van der Waals surface area contributed by atoms with Crippen LogP contribution in [-0.4, -0.2) is 17.9 Å². The molecular weight excluding hydrogens is 214 g/mol. The number of likely N-dealkylation sites (N-methyl/N-ethyl adjacent to an activating group) is 1. The molecule has 2 rings (SSSR count). The molecule has 3 heteroatoms. The molecule has 1 heterocycles. The summed E-state index contributed by atoms with van der Waals surface area (Å²) in [6.45, 7) is 3.83. The van der Waals surface area contributed by atoms with Gasteiger partial charge < -0.3 is 9.64 Å². The second-order valence-corrected chi connectivity index (χ2v) is 4.19. The van der Waals surface area contributed by atoms with Crippen molar-refractivity contribution in [3.8, 4) is 0 Å². The monoisotopic (exact) mass is 231 g/mol. The van der Waals surface area contributed by atoms with Gasteiger partial charge in [-0.1, -0.05) is 37.3 Å². The van der Waals surface area contributed by atoms with Gasteiger partial charge in [-0.15, -0.1) is 0 Å². The van der Waals surface area contributed by atoms with Crippen LogP contribution in [0.25, 0.3) is 0 Å². The molecule has 1 aromatic rings. The van der Waals surface area contributed by atoms with E-state index in [9.17, 15) is 4.79 Å². The molecular formula is C14H17NO2. The first-order chi connectivity index (χ1) is 8.15. The maximum Gasteiger partial charge on any atom is 0.255 e. The highest BCUT2D eigenvalue weighted by Crippen LogP contribution is 2.31. The van der Waals surface area contributed by atoms with Gasteiger partial charge in [0.15, 0.2) is 6.23 Å². The van der Waals surface area contributed by atoms with Crippen LogP contribution in [0, 0.1) is 0 Å². The molecule has 0 aromatic heterocycles. The standard InChI is InChI=1S/C14H17NO2/c1-4-12-10(2)17-14(15(3)13(12)16)11-8-6-5-7-9-11/h5-9,14H,4H2,1-3H3. The van der Waals surface area contributed by atoms with Gasteiger partial charge in [0.2, 0.25) is 0 Å². The zero-order valence-electron chi connectivity index (χ0n) is 10.4. The topological polar surface area (TPSA) is 29.5 Å². The lowest BCUT2D eigenvalue weighted by atomic mass is 10.1. The van der Waals surface area contributed by atoms with Crippen molar-refractivity contribution in [1.29, 1.82) is 0 Å². The number of amides is 1. The van der Waals surface area contributed by atoms with Crippen LogP contribution >= 0.6 is 0 Å². The van der Waals surface area contributed by atoms with Crippen LogP contribution in [0.1, 0.15) is 32.1 Å². The zero-order chi connectivity index (χ0) is 12.4. The molecule has 1 aliphatic rings. The third kappa shape index (κ3) is 2.05. The second kappa shape index (κ2) is 4.62. The van der Waals surface area contributed by atoms with Gasteiger partial charge in [0.05, 0.1) is 5.57 Å². The molecule has 17 heavy (non-hydrogen) atoms. The van der Waals surface area contributed by atoms with E-state index in [1.165, 1.54) is 0 Å². The molecule has 0 saturated carbocycles. The van der Waals surface area contributed by atoms with Crippen molar-refractivity contribution < 1.29 is 9.53 Å². The minimum Gasteiger partial charge on any atom is -0.470 e. The van der Waals surface area contributed by atoms with Crippen molar-refractivity contribution in [1.82, 2.24) is 4.90 Å². The van der Waals surface area contributed by atoms with E-state index in [-0.39, 0.29) is 12.1 Å². The molecule has 0 N–H and O–H groups in total. The number of hydrogen-bond acceptors (Lipinski definition) is 2. The van der Waals surface area contributed by atoms with Crippen molar-refractivity contribution in [3.05, 3.63) is 47.2 Å². The third-order valence-electron chi connectivity index (χ3n) is 3.08. The lowest BCUT2D eigenvalue weighted by molar-refractivity contribution is -0.141. The van der Waals surface area contributed by atoms with Crippen molar-refractivity contribution in [3.63, 3.8) is 0 Å². The van der Waals surface area contributed by atoms with Gasteiger partial charge in [0.1, 0.15) is 5.76 Å². The van der Waals surface area contributed by atoms with Crippen LogP contribution in [0.4, 0.5) is 0 Å². The first-order valence-corrected chi connectivity index (χ1v) is 5.83. The lowest BCUT2D eigenvalue weighted by Gasteiger charge is -2.34. The highest BCUT2D eigenvalue weighted by atomic mass is 16.5. The second-order valence-electron chi connectivity index (χ2n) is 4.19. The number of rotatable bonds is 2. The largest absolute Gasteiger partial charge is 0.470 e. The molecule has 90 valence electrons. The van der Waals surface area contributed by atoms with Crippen molar-refractivity contribution in [2.75, 3.05) is 7.05 Å². The van der Waals surface area contributed by atoms with E-state index in [2.05, 4.69) is 0 Å². The van der Waals surface area contributed by atoms with E-state index < -0.39 is 0 Å². The molecule has 1 aliphatic heterocycles. The maximum absolute atomic E-state index is 12.1. The predicted molar refractivity (Wildman–Crippen MR) is 66.0 cm³/mol. The molecule has 0 aliphatic carbocycles. The maximum atomic E-state index is 12.1. The molecule has 1 atom stereocenters. The van der Waals surface area contributed by atoms with Gasteiger partial charge in [-0.05, 0) is 13.3 Å². The number of benzene rings is 1. The van der Waals surface area contributed by atoms with E-state index >= 15 is 0 Å². The van der Waals surface area contributed by atoms with E-state index in [1.54, 1.807) is 11.9 Å². The Hall–Kier alpha value is -1.77. The number of ether oxygens (including phenoxy) is 1. The Labute approximate surface area is 102 Å². The summed E-state index contributed by atoms with van der Waals surface area (Å²) < 4.78 is 5.84. The van der Waals surface area contributed by atoms with E-state index in [1.807, 2.05) is 44.2 Å². The summed E-state index contributed by atoms with van der Waals surface area (Å²) in [5, 5.41) is 0. The van der Waals surface area contributed by atoms with Crippen molar-refractivity contribution >= 4 is 5.91 Å². The molecule has 0 saturated heterocycles. The smallest absolute Gasteiger partial charge is 0.255 e. The fourth-order valence-corrected chi connectivity index (χ4v) is 2.10. The number of carbonyl (C=O) groups excluding carboxylic acids is 1. The number of nitrogens with zero attached hydrogens (tertiary/aromatic N) is 1. The summed E-state index contributed by atoms with van der Waals surface area (Å²) in [7, 11) is 1.78. The Morgan fingerprint density at radius 3 is 2.53 bits per heavy atom. The fraction of sp³-hybridized carbons (Fsp3) is 0.357. The molecule has 0 bridgehead atoms. The molecule has 3 nitrogen and oxygen atoms in total. The first-order valence-electron chi connectivity index (χ1n) is 5.83. The van der Waals surface area contributed by atoms with Crippen LogP contribution in [0.15, 0.2) is 41.7 Å². The predicted octanol–water partition coefficient (Wildman–Crippen LogP) is 2.86. The lowest BCUT2D eigenvalue weighted by Crippen LogP contribution is -2.37. The van der Waals surface area contributed by atoms with E-state index in [0.29, 0.717) is 6.42 Å². The summed E-state index contributed by atoms with van der Waals surface area (Å²) in [4.78, 5) is 13.8. The Balaban J connectivity index is 2.35. The van der Waals surface area contributed by atoms with Crippen LogP contribution in [-0.2, 0) is 9.53 Å². The van der Waals surface area contributed by atoms with E-state index in [0.717, 1.165) is 16.9 Å². The van der Waals surface area contributed by atoms with Crippen molar-refractivity contribution in [2.24, 2.45) is 0 Å². The Morgan fingerprint density at radius 1 is 1.29 bits per heavy atom. The Bertz CT molecular complexity index is 451. The normalized spacial score (nSPS) is 20.5. The van der Waals surface area contributed by atoms with Crippen LogP contribution < -0.4 is 0 Å². The number of hydrogen-bond donors (Lipinski definition) is 0. The van der Waals surface area contributed by atoms with Crippen LogP contribution in [0.2, 0.25) is 0 Å². The van der Waals surface area contributed by atoms with Crippen LogP contribution in [0.5, 0.6) is 0 Å². The first kappa shape index (κ1) is 11.7. The summed E-state index contributed by atoms with van der Waals surface area (Å²) in [5.74, 6) is 0.801. The molecule has 0 fully saturated rings. The summed E-state index contributed by atoms with van der Waals surface area (Å²) >= 11 is 0. The van der Waals surface area contributed by atoms with Gasteiger partial charge in [-0.2, -0.15) is 0 Å². The minimum atomic E-state index is -0.306. The summed E-state index contributed by atoms with van der Waals surface area (Å²) in [5.41, 5.74) is 1.76. The summed E-state index contributed by atoms with van der Waals surface area (Å²) in [6, 6.07) is 9.79. The van der Waals surface area contributed by atoms with Crippen molar-refractivity contribution in [2.45, 2.75) is 26.5 Å². The zero-order valence-corrected chi connectivity index (χ0v) is 10.4. The highest BCUT2D eigenvalue weighted by molar-refractivity contribution is 5.94. The summed E-state index contributed by atoms with van der Waals surface area (Å²) in [6.07, 6.45) is 0.398. The quantitative estimate of drug-likeness (QED) is 0.783. The molecule has 1 aromatic carbocycles. The van der Waals surface area contributed by atoms with Gasteiger partial charge in [-0.3, -0.25) is 4.79 Å². The SMILES string of the molecule is CCC1=C(C)OC(c2ccccc2)N(C)C1=O. The molecule has 1 unspecified atom stereocenters. The van der Waals surface area contributed by atoms with Gasteiger partial charge in [-0.25, -0.2) is 0 Å². The van der Waals surface area contributed by atoms with Gasteiger partial charge >= 0.3 is 0 Å². The fourth-order valence-electron chi connectivity index (χ4n) is 2.10. The number of carbonyl (C=O) groups is 1. The number of allylic oxidation sites excluding steroid dienone is 1. The Kier molecular flexibility index (Phi) is 3.18. The molecule has 0 spiro atoms. The minimum absolute atomic E-state index is 0.0603. The van der Waals surface area contributed by atoms with E-state index in [4.69, 9.17) is 4.74 Å². The van der Waals surface area contributed by atoms with Gasteiger partial charge in [0, 0.05) is 12.6 Å². The highest BCUT2D eigenvalue weighted by Gasteiger charge is 2.31. The average molecular weight is 231 g/mol.